The van der Waals surface area contributed by atoms with E-state index in [0.29, 0.717) is 12.0 Å². The number of anilines is 1. The quantitative estimate of drug-likeness (QED) is 0.828. The first-order valence-electron chi connectivity index (χ1n) is 7.12. The zero-order valence-corrected chi connectivity index (χ0v) is 11.7. The predicted molar refractivity (Wildman–Crippen MR) is 77.5 cm³/mol. The summed E-state index contributed by atoms with van der Waals surface area (Å²) in [6.07, 6.45) is 4.64. The highest BCUT2D eigenvalue weighted by Gasteiger charge is 2.29. The molecule has 0 bridgehead atoms. The largest absolute Gasteiger partial charge is 0.481 e. The summed E-state index contributed by atoms with van der Waals surface area (Å²) in [5, 5.41) is 21.9. The SMILES string of the molecule is Cc1ccc(C#N)c(NC2CCCCCC2C(=O)O)c1. The molecular weight excluding hydrogens is 252 g/mol. The molecule has 1 aliphatic rings. The fourth-order valence-corrected chi connectivity index (χ4v) is 2.85. The van der Waals surface area contributed by atoms with E-state index in [0.717, 1.165) is 36.9 Å². The molecule has 0 heterocycles. The van der Waals surface area contributed by atoms with E-state index in [4.69, 9.17) is 5.26 Å². The summed E-state index contributed by atoms with van der Waals surface area (Å²) in [5.41, 5.74) is 2.39. The smallest absolute Gasteiger partial charge is 0.308 e. The van der Waals surface area contributed by atoms with Crippen LogP contribution in [-0.4, -0.2) is 17.1 Å². The molecule has 106 valence electrons. The van der Waals surface area contributed by atoms with Gasteiger partial charge in [0.25, 0.3) is 0 Å². The van der Waals surface area contributed by atoms with Gasteiger partial charge < -0.3 is 10.4 Å². The number of hydrogen-bond acceptors (Lipinski definition) is 3. The monoisotopic (exact) mass is 272 g/mol. The first-order chi connectivity index (χ1) is 9.61. The second kappa shape index (κ2) is 6.42. The van der Waals surface area contributed by atoms with Gasteiger partial charge in [0, 0.05) is 6.04 Å². The number of benzene rings is 1. The van der Waals surface area contributed by atoms with E-state index in [1.807, 2.05) is 19.1 Å². The Kier molecular flexibility index (Phi) is 4.62. The molecular formula is C16H20N2O2. The third-order valence-corrected chi connectivity index (χ3v) is 3.97. The van der Waals surface area contributed by atoms with Gasteiger partial charge >= 0.3 is 5.97 Å². The van der Waals surface area contributed by atoms with Crippen LogP contribution in [0.1, 0.15) is 43.2 Å². The van der Waals surface area contributed by atoms with Crippen molar-refractivity contribution in [3.8, 4) is 6.07 Å². The Morgan fingerprint density at radius 1 is 1.35 bits per heavy atom. The van der Waals surface area contributed by atoms with Crippen molar-refractivity contribution in [2.45, 2.75) is 45.1 Å². The van der Waals surface area contributed by atoms with E-state index in [-0.39, 0.29) is 12.0 Å². The molecule has 4 nitrogen and oxygen atoms in total. The minimum Gasteiger partial charge on any atom is -0.481 e. The van der Waals surface area contributed by atoms with Crippen LogP contribution in [0.3, 0.4) is 0 Å². The van der Waals surface area contributed by atoms with Crippen LogP contribution >= 0.6 is 0 Å². The summed E-state index contributed by atoms with van der Waals surface area (Å²) < 4.78 is 0. The molecule has 2 unspecified atom stereocenters. The van der Waals surface area contributed by atoms with E-state index in [1.165, 1.54) is 0 Å². The topological polar surface area (TPSA) is 73.1 Å². The Morgan fingerprint density at radius 2 is 2.10 bits per heavy atom. The van der Waals surface area contributed by atoms with Gasteiger partial charge in [-0.2, -0.15) is 5.26 Å². The highest BCUT2D eigenvalue weighted by molar-refractivity contribution is 5.72. The second-order valence-corrected chi connectivity index (χ2v) is 5.49. The van der Waals surface area contributed by atoms with Crippen molar-refractivity contribution in [2.24, 2.45) is 5.92 Å². The van der Waals surface area contributed by atoms with Crippen molar-refractivity contribution in [2.75, 3.05) is 5.32 Å². The van der Waals surface area contributed by atoms with Gasteiger partial charge in [0.1, 0.15) is 6.07 Å². The molecule has 0 aromatic heterocycles. The van der Waals surface area contributed by atoms with E-state index in [9.17, 15) is 9.90 Å². The van der Waals surface area contributed by atoms with Crippen LogP contribution in [0.2, 0.25) is 0 Å². The summed E-state index contributed by atoms with van der Waals surface area (Å²) in [6.45, 7) is 1.97. The zero-order chi connectivity index (χ0) is 14.5. The summed E-state index contributed by atoms with van der Waals surface area (Å²) >= 11 is 0. The van der Waals surface area contributed by atoms with Crippen molar-refractivity contribution in [3.63, 3.8) is 0 Å². The summed E-state index contributed by atoms with van der Waals surface area (Å²) in [6, 6.07) is 7.66. The van der Waals surface area contributed by atoms with Gasteiger partial charge in [-0.15, -0.1) is 0 Å². The van der Waals surface area contributed by atoms with Crippen LogP contribution in [-0.2, 0) is 4.79 Å². The van der Waals surface area contributed by atoms with Crippen molar-refractivity contribution < 1.29 is 9.90 Å². The van der Waals surface area contributed by atoms with E-state index in [1.54, 1.807) is 6.07 Å². The molecule has 1 fully saturated rings. The fraction of sp³-hybridized carbons (Fsp3) is 0.500. The number of carboxylic acids is 1. The van der Waals surface area contributed by atoms with Crippen LogP contribution < -0.4 is 5.32 Å². The average Bonchev–Trinajstić information content (AvgIpc) is 2.64. The Labute approximate surface area is 119 Å². The summed E-state index contributed by atoms with van der Waals surface area (Å²) in [7, 11) is 0. The third-order valence-electron chi connectivity index (χ3n) is 3.97. The van der Waals surface area contributed by atoms with Gasteiger partial charge in [-0.05, 0) is 37.5 Å². The molecule has 2 atom stereocenters. The zero-order valence-electron chi connectivity index (χ0n) is 11.7. The predicted octanol–water partition coefficient (Wildman–Crippen LogP) is 3.31. The average molecular weight is 272 g/mol. The van der Waals surface area contributed by atoms with Crippen LogP contribution in [0.15, 0.2) is 18.2 Å². The molecule has 0 radical (unpaired) electrons. The number of nitrogens with zero attached hydrogens (tertiary/aromatic N) is 1. The lowest BCUT2D eigenvalue weighted by Gasteiger charge is -2.24. The van der Waals surface area contributed by atoms with Gasteiger partial charge in [-0.25, -0.2) is 0 Å². The minimum absolute atomic E-state index is 0.0936. The van der Waals surface area contributed by atoms with Gasteiger partial charge in [0.05, 0.1) is 17.2 Å². The summed E-state index contributed by atoms with van der Waals surface area (Å²) in [4.78, 5) is 11.4. The molecule has 1 aromatic rings. The van der Waals surface area contributed by atoms with Crippen LogP contribution in [0.5, 0.6) is 0 Å². The van der Waals surface area contributed by atoms with E-state index in [2.05, 4.69) is 11.4 Å². The van der Waals surface area contributed by atoms with Crippen molar-refractivity contribution in [1.29, 1.82) is 5.26 Å². The number of rotatable bonds is 3. The number of hydrogen-bond donors (Lipinski definition) is 2. The first-order valence-corrected chi connectivity index (χ1v) is 7.12. The number of carboxylic acid groups (broad SMARTS) is 1. The maximum absolute atomic E-state index is 11.4. The van der Waals surface area contributed by atoms with Crippen molar-refractivity contribution in [3.05, 3.63) is 29.3 Å². The summed E-state index contributed by atoms with van der Waals surface area (Å²) in [5.74, 6) is -1.11. The van der Waals surface area contributed by atoms with Gasteiger partial charge in [0.15, 0.2) is 0 Å². The molecule has 2 rings (SSSR count). The van der Waals surface area contributed by atoms with Crippen molar-refractivity contribution >= 4 is 11.7 Å². The number of nitriles is 1. The number of carbonyl (C=O) groups is 1. The Balaban J connectivity index is 2.24. The van der Waals surface area contributed by atoms with Gasteiger partial charge in [-0.3, -0.25) is 4.79 Å². The molecule has 0 aliphatic heterocycles. The van der Waals surface area contributed by atoms with Crippen LogP contribution in [0.25, 0.3) is 0 Å². The molecule has 1 aromatic carbocycles. The van der Waals surface area contributed by atoms with Crippen molar-refractivity contribution in [1.82, 2.24) is 0 Å². The Bertz CT molecular complexity index is 534. The number of nitrogens with one attached hydrogen (secondary N) is 1. The highest BCUT2D eigenvalue weighted by atomic mass is 16.4. The minimum atomic E-state index is -0.740. The lowest BCUT2D eigenvalue weighted by Crippen LogP contribution is -2.34. The molecule has 0 spiro atoms. The lowest BCUT2D eigenvalue weighted by atomic mass is 9.94. The lowest BCUT2D eigenvalue weighted by molar-refractivity contribution is -0.142. The number of aliphatic carboxylic acids is 1. The number of aryl methyl sites for hydroxylation is 1. The Hall–Kier alpha value is -2.02. The maximum atomic E-state index is 11.4. The highest BCUT2D eigenvalue weighted by Crippen LogP contribution is 2.28. The molecule has 0 saturated heterocycles. The Morgan fingerprint density at radius 3 is 2.80 bits per heavy atom. The van der Waals surface area contributed by atoms with Gasteiger partial charge in [-0.1, -0.05) is 25.3 Å². The van der Waals surface area contributed by atoms with Gasteiger partial charge in [0.2, 0.25) is 0 Å². The normalized spacial score (nSPS) is 22.6. The molecule has 4 heteroatoms. The van der Waals surface area contributed by atoms with Crippen LogP contribution in [0, 0.1) is 24.2 Å². The van der Waals surface area contributed by atoms with Crippen LogP contribution in [0.4, 0.5) is 5.69 Å². The van der Waals surface area contributed by atoms with E-state index >= 15 is 0 Å². The molecule has 20 heavy (non-hydrogen) atoms. The molecule has 1 saturated carbocycles. The first kappa shape index (κ1) is 14.4. The van der Waals surface area contributed by atoms with E-state index < -0.39 is 5.97 Å². The molecule has 0 amide bonds. The molecule has 1 aliphatic carbocycles. The fourth-order valence-electron chi connectivity index (χ4n) is 2.85. The molecule has 2 N–H and O–H groups in total. The second-order valence-electron chi connectivity index (χ2n) is 5.49. The maximum Gasteiger partial charge on any atom is 0.308 e. The third kappa shape index (κ3) is 3.30. The standard InChI is InChI=1S/C16H20N2O2/c1-11-7-8-12(10-17)15(9-11)18-14-6-4-2-3-5-13(14)16(19)20/h7-9,13-14,18H,2-6H2,1H3,(H,19,20).